The summed E-state index contributed by atoms with van der Waals surface area (Å²) in [6.45, 7) is 2.24. The third-order valence-electron chi connectivity index (χ3n) is 3.36. The fraction of sp³-hybridized carbons (Fsp3) is 0.125. The third kappa shape index (κ3) is 3.05. The van der Waals surface area contributed by atoms with Crippen molar-refractivity contribution < 1.29 is 49.5 Å². The van der Waals surface area contributed by atoms with Gasteiger partial charge in [-0.25, -0.2) is 0 Å². The van der Waals surface area contributed by atoms with Crippen LogP contribution in [-0.2, 0) is 24.7 Å². The molecule has 1 unspecified atom stereocenters. The second kappa shape index (κ2) is 6.88. The summed E-state index contributed by atoms with van der Waals surface area (Å²) in [7, 11) is 0. The van der Waals surface area contributed by atoms with E-state index in [4.69, 9.17) is 0 Å². The molecule has 0 heterocycles. The molecular weight excluding hydrogens is 354 g/mol. The Labute approximate surface area is 142 Å². The molecule has 3 rings (SSSR count). The SMILES string of the molecule is CC1=Cc2c(-c3ccccc3)cccc2[CH]1[Zr+2].[Cl-].[Cl-]. The van der Waals surface area contributed by atoms with E-state index in [2.05, 4.69) is 61.5 Å². The van der Waals surface area contributed by atoms with Crippen LogP contribution in [0.25, 0.3) is 17.2 Å². The van der Waals surface area contributed by atoms with E-state index in [1.54, 1.807) is 24.7 Å². The zero-order chi connectivity index (χ0) is 11.8. The molecule has 1 aliphatic rings. The van der Waals surface area contributed by atoms with Crippen molar-refractivity contribution in [3.05, 3.63) is 65.2 Å². The molecule has 0 fully saturated rings. The fourth-order valence-corrected chi connectivity index (χ4v) is 3.25. The molecule has 0 bridgehead atoms. The number of fused-ring (bicyclic) bond motifs is 1. The first-order valence-corrected chi connectivity index (χ1v) is 7.27. The van der Waals surface area contributed by atoms with E-state index in [1.165, 1.54) is 27.8 Å². The molecule has 3 heteroatoms. The maximum absolute atomic E-state index is 2.36. The molecule has 0 spiro atoms. The number of benzene rings is 2. The van der Waals surface area contributed by atoms with Crippen LogP contribution in [0, 0.1) is 0 Å². The van der Waals surface area contributed by atoms with E-state index in [0.29, 0.717) is 3.63 Å². The minimum Gasteiger partial charge on any atom is -1.00 e. The van der Waals surface area contributed by atoms with Crippen molar-refractivity contribution in [2.45, 2.75) is 10.5 Å². The first-order chi connectivity index (χ1) is 8.27. The van der Waals surface area contributed by atoms with Crippen LogP contribution in [0.1, 0.15) is 21.7 Å². The van der Waals surface area contributed by atoms with E-state index in [-0.39, 0.29) is 24.8 Å². The maximum atomic E-state index is 2.36. The van der Waals surface area contributed by atoms with Crippen molar-refractivity contribution in [3.63, 3.8) is 0 Å². The van der Waals surface area contributed by atoms with E-state index in [1.807, 2.05) is 0 Å². The predicted octanol–water partition coefficient (Wildman–Crippen LogP) is -1.63. The molecular formula is C16H13Cl2Zr. The third-order valence-corrected chi connectivity index (χ3v) is 5.25. The Morgan fingerprint density at radius 2 is 1.58 bits per heavy atom. The molecule has 0 saturated carbocycles. The number of halogens is 2. The Hall–Kier alpha value is -0.357. The van der Waals surface area contributed by atoms with E-state index in [9.17, 15) is 0 Å². The summed E-state index contributed by atoms with van der Waals surface area (Å²) in [6, 6.07) is 17.3. The van der Waals surface area contributed by atoms with Crippen molar-refractivity contribution in [3.8, 4) is 11.1 Å². The van der Waals surface area contributed by atoms with Gasteiger partial charge in [0.15, 0.2) is 0 Å². The van der Waals surface area contributed by atoms with E-state index in [0.717, 1.165) is 0 Å². The van der Waals surface area contributed by atoms with Gasteiger partial charge in [-0.05, 0) is 0 Å². The van der Waals surface area contributed by atoms with Gasteiger partial charge >= 0.3 is 118 Å². The average Bonchev–Trinajstić information content (AvgIpc) is 2.67. The van der Waals surface area contributed by atoms with Gasteiger partial charge in [-0.1, -0.05) is 0 Å². The van der Waals surface area contributed by atoms with Crippen LogP contribution < -0.4 is 24.8 Å². The maximum Gasteiger partial charge on any atom is -1.00 e. The molecule has 0 saturated heterocycles. The molecule has 19 heavy (non-hydrogen) atoms. The molecule has 1 aliphatic carbocycles. The average molecular weight is 367 g/mol. The van der Waals surface area contributed by atoms with Crippen LogP contribution in [0.3, 0.4) is 0 Å². The zero-order valence-corrected chi connectivity index (χ0v) is 14.5. The quantitative estimate of drug-likeness (QED) is 0.568. The molecule has 1 atom stereocenters. The summed E-state index contributed by atoms with van der Waals surface area (Å²) in [4.78, 5) is 0. The molecule has 2 aromatic carbocycles. The zero-order valence-electron chi connectivity index (χ0n) is 10.5. The number of rotatable bonds is 1. The van der Waals surface area contributed by atoms with E-state index < -0.39 is 0 Å². The summed E-state index contributed by atoms with van der Waals surface area (Å²) >= 11 is 1.58. The predicted molar refractivity (Wildman–Crippen MR) is 68.3 cm³/mol. The van der Waals surface area contributed by atoms with Gasteiger partial charge in [0.25, 0.3) is 0 Å². The normalized spacial score (nSPS) is 15.9. The summed E-state index contributed by atoms with van der Waals surface area (Å²) in [5.74, 6) is 0. The monoisotopic (exact) mass is 365 g/mol. The standard InChI is InChI=1S/C16H13.2ClH.Zr/c1-12-10-14-8-5-9-15(16(14)11-12)13-6-3-2-4-7-13;;;/h2-11H,1H3;2*1H;/q;;;+2/p-2. The molecule has 95 valence electrons. The van der Waals surface area contributed by atoms with Gasteiger partial charge in [-0.3, -0.25) is 0 Å². The molecule has 0 radical (unpaired) electrons. The van der Waals surface area contributed by atoms with Crippen molar-refractivity contribution in [1.29, 1.82) is 0 Å². The van der Waals surface area contributed by atoms with Crippen LogP contribution in [0.2, 0.25) is 0 Å². The smallest absolute Gasteiger partial charge is 1.00 e. The van der Waals surface area contributed by atoms with Gasteiger partial charge in [0.1, 0.15) is 0 Å². The van der Waals surface area contributed by atoms with E-state index >= 15 is 0 Å². The largest absolute Gasteiger partial charge is 1.00 e. The molecule has 0 N–H and O–H groups in total. The summed E-state index contributed by atoms with van der Waals surface area (Å²) in [5.41, 5.74) is 7.12. The van der Waals surface area contributed by atoms with Gasteiger partial charge in [-0.15, -0.1) is 0 Å². The minimum absolute atomic E-state index is 0. The van der Waals surface area contributed by atoms with Crippen LogP contribution >= 0.6 is 0 Å². The summed E-state index contributed by atoms with van der Waals surface area (Å²) in [5, 5.41) is 0. The van der Waals surface area contributed by atoms with Crippen molar-refractivity contribution >= 4 is 6.08 Å². The molecule has 0 aliphatic heterocycles. The summed E-state index contributed by atoms with van der Waals surface area (Å²) in [6.07, 6.45) is 2.36. The number of hydrogen-bond donors (Lipinski definition) is 0. The Balaban J connectivity index is 0.000000902. The van der Waals surface area contributed by atoms with Gasteiger partial charge in [0.05, 0.1) is 0 Å². The Morgan fingerprint density at radius 3 is 2.26 bits per heavy atom. The van der Waals surface area contributed by atoms with Crippen LogP contribution in [0.4, 0.5) is 0 Å². The Kier molecular flexibility index (Phi) is 6.05. The van der Waals surface area contributed by atoms with Crippen LogP contribution in [0.5, 0.6) is 0 Å². The van der Waals surface area contributed by atoms with Crippen molar-refractivity contribution in [2.24, 2.45) is 0 Å². The fourth-order valence-electron chi connectivity index (χ4n) is 2.42. The second-order valence-electron chi connectivity index (χ2n) is 4.50. The molecule has 2 aromatic rings. The van der Waals surface area contributed by atoms with Crippen molar-refractivity contribution in [1.82, 2.24) is 0 Å². The number of hydrogen-bond acceptors (Lipinski definition) is 0. The topological polar surface area (TPSA) is 0 Å². The van der Waals surface area contributed by atoms with Gasteiger partial charge < -0.3 is 24.8 Å². The van der Waals surface area contributed by atoms with Gasteiger partial charge in [0.2, 0.25) is 0 Å². The molecule has 0 aromatic heterocycles. The summed E-state index contributed by atoms with van der Waals surface area (Å²) < 4.78 is 0.654. The van der Waals surface area contributed by atoms with Gasteiger partial charge in [0, 0.05) is 0 Å². The second-order valence-corrected chi connectivity index (χ2v) is 5.92. The molecule has 0 nitrogen and oxygen atoms in total. The van der Waals surface area contributed by atoms with Gasteiger partial charge in [-0.2, -0.15) is 0 Å². The first-order valence-electron chi connectivity index (χ1n) is 5.85. The first kappa shape index (κ1) is 16.7. The van der Waals surface area contributed by atoms with Crippen LogP contribution in [-0.4, -0.2) is 0 Å². The van der Waals surface area contributed by atoms with Crippen molar-refractivity contribution in [2.75, 3.05) is 0 Å². The van der Waals surface area contributed by atoms with Crippen LogP contribution in [0.15, 0.2) is 54.1 Å². The Bertz CT molecular complexity index is 591. The Morgan fingerprint density at radius 1 is 0.895 bits per heavy atom. The number of allylic oxidation sites excluding steroid dienone is 1. The minimum atomic E-state index is 0. The molecule has 0 amide bonds.